The number of likely N-dealkylation sites (tertiary alicyclic amines) is 1. The molecule has 0 radical (unpaired) electrons. The van der Waals surface area contributed by atoms with Crippen molar-refractivity contribution in [2.45, 2.75) is 38.1 Å². The van der Waals surface area contributed by atoms with E-state index in [4.69, 9.17) is 4.74 Å². The maximum atomic E-state index is 12.9. The maximum Gasteiger partial charge on any atom is 0.260 e. The number of amides is 1. The minimum Gasteiger partial charge on any atom is -0.484 e. The normalized spacial score (nSPS) is 17.6. The molecule has 0 bridgehead atoms. The summed E-state index contributed by atoms with van der Waals surface area (Å²) in [6.45, 7) is 2.41. The Balaban J connectivity index is 1.29. The lowest BCUT2D eigenvalue weighted by Gasteiger charge is -2.31. The van der Waals surface area contributed by atoms with Crippen LogP contribution in [-0.2, 0) is 17.8 Å². The van der Waals surface area contributed by atoms with Gasteiger partial charge in [0, 0.05) is 32.0 Å². The van der Waals surface area contributed by atoms with Crippen LogP contribution in [-0.4, -0.2) is 45.3 Å². The van der Waals surface area contributed by atoms with Crippen molar-refractivity contribution in [1.82, 2.24) is 19.7 Å². The number of rotatable bonds is 4. The second-order valence-electron chi connectivity index (χ2n) is 6.63. The summed E-state index contributed by atoms with van der Waals surface area (Å²) in [5, 5.41) is 8.65. The molecule has 2 aliphatic heterocycles. The number of aromatic nitrogens is 3. The van der Waals surface area contributed by atoms with E-state index in [0.29, 0.717) is 24.8 Å². The van der Waals surface area contributed by atoms with E-state index in [1.807, 2.05) is 4.90 Å². The zero-order chi connectivity index (χ0) is 17.2. The number of halogens is 1. The molecular weight excluding hydrogens is 323 g/mol. The molecule has 0 aliphatic carbocycles. The molecule has 1 aromatic heterocycles. The minimum absolute atomic E-state index is 0.0172. The van der Waals surface area contributed by atoms with Gasteiger partial charge in [0.15, 0.2) is 6.61 Å². The van der Waals surface area contributed by atoms with E-state index in [2.05, 4.69) is 14.8 Å². The highest BCUT2D eigenvalue weighted by atomic mass is 19.1. The van der Waals surface area contributed by atoms with E-state index in [1.54, 1.807) is 0 Å². The summed E-state index contributed by atoms with van der Waals surface area (Å²) < 4.78 is 20.6. The van der Waals surface area contributed by atoms with E-state index in [-0.39, 0.29) is 18.3 Å². The van der Waals surface area contributed by atoms with Gasteiger partial charge in [0.05, 0.1) is 0 Å². The molecule has 1 fully saturated rings. The second kappa shape index (κ2) is 6.82. The third-order valence-corrected chi connectivity index (χ3v) is 5.03. The average Bonchev–Trinajstić information content (AvgIpc) is 3.25. The van der Waals surface area contributed by atoms with Crippen molar-refractivity contribution in [1.29, 1.82) is 0 Å². The summed E-state index contributed by atoms with van der Waals surface area (Å²) in [4.78, 5) is 14.1. The predicted octanol–water partition coefficient (Wildman–Crippen LogP) is 2.15. The van der Waals surface area contributed by atoms with Gasteiger partial charge in [-0.25, -0.2) is 4.39 Å². The molecule has 2 aromatic rings. The molecule has 6 nitrogen and oxygen atoms in total. The van der Waals surface area contributed by atoms with Crippen LogP contribution >= 0.6 is 0 Å². The molecule has 2 aliphatic rings. The topological polar surface area (TPSA) is 60.2 Å². The summed E-state index contributed by atoms with van der Waals surface area (Å²) in [5.41, 5.74) is 0. The van der Waals surface area contributed by atoms with Crippen LogP contribution < -0.4 is 4.74 Å². The molecule has 7 heteroatoms. The van der Waals surface area contributed by atoms with E-state index < -0.39 is 0 Å². The molecule has 132 valence electrons. The van der Waals surface area contributed by atoms with Crippen LogP contribution in [0.25, 0.3) is 0 Å². The summed E-state index contributed by atoms with van der Waals surface area (Å²) in [7, 11) is 0. The maximum absolute atomic E-state index is 12.9. The summed E-state index contributed by atoms with van der Waals surface area (Å²) >= 11 is 0. The van der Waals surface area contributed by atoms with Crippen LogP contribution in [0.5, 0.6) is 5.75 Å². The lowest BCUT2D eigenvalue weighted by molar-refractivity contribution is -0.134. The van der Waals surface area contributed by atoms with Gasteiger partial charge >= 0.3 is 0 Å². The summed E-state index contributed by atoms with van der Waals surface area (Å²) in [5.74, 6) is 2.71. The first-order valence-electron chi connectivity index (χ1n) is 8.79. The third kappa shape index (κ3) is 3.36. The quantitative estimate of drug-likeness (QED) is 0.853. The molecule has 0 N–H and O–H groups in total. The number of ether oxygens (including phenoxy) is 1. The monoisotopic (exact) mass is 344 g/mol. The van der Waals surface area contributed by atoms with E-state index in [0.717, 1.165) is 43.9 Å². The number of benzene rings is 1. The number of carbonyl (C=O) groups is 1. The molecule has 1 amide bonds. The fourth-order valence-electron chi connectivity index (χ4n) is 3.63. The number of fused-ring (bicyclic) bond motifs is 1. The standard InChI is InChI=1S/C18H21FN4O2/c19-14-3-5-15(6-4-14)25-12-17(24)22-10-7-13(8-11-22)18-21-20-16-2-1-9-23(16)18/h3-6,13H,1-2,7-12H2. The Morgan fingerprint density at radius 1 is 1.16 bits per heavy atom. The lowest BCUT2D eigenvalue weighted by Crippen LogP contribution is -2.40. The number of piperidine rings is 1. The summed E-state index contributed by atoms with van der Waals surface area (Å²) in [6, 6.07) is 5.70. The van der Waals surface area contributed by atoms with Gasteiger partial charge in [-0.2, -0.15) is 0 Å². The van der Waals surface area contributed by atoms with Crippen LogP contribution in [0, 0.1) is 5.82 Å². The molecule has 25 heavy (non-hydrogen) atoms. The highest BCUT2D eigenvalue weighted by Crippen LogP contribution is 2.29. The van der Waals surface area contributed by atoms with Gasteiger partial charge < -0.3 is 14.2 Å². The zero-order valence-electron chi connectivity index (χ0n) is 14.0. The van der Waals surface area contributed by atoms with Crippen LogP contribution in [0.15, 0.2) is 24.3 Å². The molecule has 1 aromatic carbocycles. The Morgan fingerprint density at radius 2 is 1.92 bits per heavy atom. The second-order valence-corrected chi connectivity index (χ2v) is 6.63. The van der Waals surface area contributed by atoms with Crippen molar-refractivity contribution in [3.8, 4) is 5.75 Å². The van der Waals surface area contributed by atoms with Crippen molar-refractivity contribution >= 4 is 5.91 Å². The highest BCUT2D eigenvalue weighted by Gasteiger charge is 2.29. The summed E-state index contributed by atoms with van der Waals surface area (Å²) in [6.07, 6.45) is 3.97. The largest absolute Gasteiger partial charge is 0.484 e. The van der Waals surface area contributed by atoms with Gasteiger partial charge in [0.25, 0.3) is 5.91 Å². The average molecular weight is 344 g/mol. The third-order valence-electron chi connectivity index (χ3n) is 5.03. The molecule has 4 rings (SSSR count). The minimum atomic E-state index is -0.319. The van der Waals surface area contributed by atoms with E-state index in [9.17, 15) is 9.18 Å². The first-order valence-corrected chi connectivity index (χ1v) is 8.79. The van der Waals surface area contributed by atoms with E-state index in [1.165, 1.54) is 24.3 Å². The Morgan fingerprint density at radius 3 is 2.68 bits per heavy atom. The van der Waals surface area contributed by atoms with Gasteiger partial charge in [-0.05, 0) is 43.5 Å². The van der Waals surface area contributed by atoms with Gasteiger partial charge in [0.2, 0.25) is 0 Å². The van der Waals surface area contributed by atoms with Crippen molar-refractivity contribution in [3.05, 3.63) is 41.7 Å². The Bertz CT molecular complexity index is 751. The number of carbonyl (C=O) groups excluding carboxylic acids is 1. The Hall–Kier alpha value is -2.44. The molecule has 0 unspecified atom stereocenters. The highest BCUT2D eigenvalue weighted by molar-refractivity contribution is 5.77. The van der Waals surface area contributed by atoms with Crippen molar-refractivity contribution in [2.24, 2.45) is 0 Å². The predicted molar refractivity (Wildman–Crippen MR) is 88.8 cm³/mol. The van der Waals surface area contributed by atoms with Gasteiger partial charge in [-0.1, -0.05) is 0 Å². The fourth-order valence-corrected chi connectivity index (χ4v) is 3.63. The smallest absolute Gasteiger partial charge is 0.260 e. The number of aryl methyl sites for hydroxylation is 1. The molecular formula is C18H21FN4O2. The lowest BCUT2D eigenvalue weighted by atomic mass is 9.96. The Labute approximate surface area is 145 Å². The SMILES string of the molecule is O=C(COc1ccc(F)cc1)N1CCC(c2nnc3n2CCC3)CC1. The van der Waals surface area contributed by atoms with Crippen molar-refractivity contribution < 1.29 is 13.9 Å². The zero-order valence-corrected chi connectivity index (χ0v) is 14.0. The molecule has 0 spiro atoms. The number of nitrogens with zero attached hydrogens (tertiary/aromatic N) is 4. The van der Waals surface area contributed by atoms with Crippen LogP contribution in [0.2, 0.25) is 0 Å². The van der Waals surface area contributed by atoms with Crippen molar-refractivity contribution in [2.75, 3.05) is 19.7 Å². The molecule has 0 atom stereocenters. The number of hydrogen-bond acceptors (Lipinski definition) is 4. The first-order chi connectivity index (χ1) is 12.2. The van der Waals surface area contributed by atoms with E-state index >= 15 is 0 Å². The number of hydrogen-bond donors (Lipinski definition) is 0. The first kappa shape index (κ1) is 16.1. The van der Waals surface area contributed by atoms with Crippen LogP contribution in [0.3, 0.4) is 0 Å². The molecule has 0 saturated carbocycles. The molecule has 3 heterocycles. The van der Waals surface area contributed by atoms with Crippen LogP contribution in [0.4, 0.5) is 4.39 Å². The fraction of sp³-hybridized carbons (Fsp3) is 0.500. The van der Waals surface area contributed by atoms with Gasteiger partial charge in [0.1, 0.15) is 23.2 Å². The van der Waals surface area contributed by atoms with Gasteiger partial charge in [-0.15, -0.1) is 10.2 Å². The molecule has 1 saturated heterocycles. The Kier molecular flexibility index (Phi) is 4.38. The van der Waals surface area contributed by atoms with Crippen LogP contribution in [0.1, 0.15) is 36.8 Å². The van der Waals surface area contributed by atoms with Crippen molar-refractivity contribution in [3.63, 3.8) is 0 Å². The van der Waals surface area contributed by atoms with Gasteiger partial charge in [-0.3, -0.25) is 4.79 Å².